The van der Waals surface area contributed by atoms with Crippen LogP contribution in [-0.4, -0.2) is 53.9 Å². The van der Waals surface area contributed by atoms with Crippen LogP contribution in [0.15, 0.2) is 12.1 Å². The van der Waals surface area contributed by atoms with Gasteiger partial charge in [-0.25, -0.2) is 0 Å². The van der Waals surface area contributed by atoms with Gasteiger partial charge in [0, 0.05) is 25.7 Å². The lowest BCUT2D eigenvalue weighted by Crippen LogP contribution is -2.46. The van der Waals surface area contributed by atoms with Crippen molar-refractivity contribution in [3.8, 4) is 0 Å². The van der Waals surface area contributed by atoms with Gasteiger partial charge in [-0.2, -0.15) is 0 Å². The van der Waals surface area contributed by atoms with Crippen LogP contribution in [0.2, 0.25) is 0 Å². The van der Waals surface area contributed by atoms with Crippen LogP contribution in [-0.2, 0) is 4.79 Å². The Bertz CT molecular complexity index is 656. The van der Waals surface area contributed by atoms with Crippen molar-refractivity contribution in [2.75, 3.05) is 26.2 Å². The molecule has 2 fully saturated rings. The van der Waals surface area contributed by atoms with Crippen LogP contribution >= 0.6 is 11.3 Å². The maximum absolute atomic E-state index is 12.5. The Morgan fingerprint density at radius 3 is 2.88 bits per heavy atom. The summed E-state index contributed by atoms with van der Waals surface area (Å²) in [5, 5.41) is 16.9. The monoisotopic (exact) mass is 366 g/mol. The van der Waals surface area contributed by atoms with E-state index in [0.29, 0.717) is 24.5 Å². The molecule has 3 heterocycles. The lowest BCUT2D eigenvalue weighted by atomic mass is 9.97. The molecule has 0 aliphatic carbocycles. The van der Waals surface area contributed by atoms with Crippen LogP contribution in [0.4, 0.5) is 5.00 Å². The zero-order valence-electron chi connectivity index (χ0n) is 13.9. The smallest absolute Gasteiger partial charge is 0.324 e. The highest BCUT2D eigenvalue weighted by molar-refractivity contribution is 7.17. The third kappa shape index (κ3) is 4.35. The molecule has 25 heavy (non-hydrogen) atoms. The molecule has 2 aliphatic heterocycles. The average Bonchev–Trinajstić information content (AvgIpc) is 3.30. The molecule has 9 heteroatoms. The molecule has 3 rings (SSSR count). The Kier molecular flexibility index (Phi) is 5.64. The molecule has 0 spiro atoms. The number of rotatable bonds is 5. The molecule has 2 aliphatic rings. The number of thiophene rings is 1. The lowest BCUT2D eigenvalue weighted by molar-refractivity contribution is -0.380. The van der Waals surface area contributed by atoms with E-state index in [1.54, 1.807) is 4.90 Å². The van der Waals surface area contributed by atoms with Gasteiger partial charge in [-0.1, -0.05) is 11.3 Å². The first-order chi connectivity index (χ1) is 12.0. The van der Waals surface area contributed by atoms with Crippen LogP contribution in [0.3, 0.4) is 0 Å². The molecule has 136 valence electrons. The summed E-state index contributed by atoms with van der Waals surface area (Å²) < 4.78 is 0. The maximum Gasteiger partial charge on any atom is 0.324 e. The van der Waals surface area contributed by atoms with Crippen molar-refractivity contribution in [1.29, 1.82) is 0 Å². The standard InChI is InChI=1S/C16H22N4O4S/c21-15(12-4-1-7-17-12)18-9-11-3-2-8-19(10-11)16(22)13-5-6-14(25-13)20(23)24/h5-6,11-12,17H,1-4,7-10H2,(H,18,21). The van der Waals surface area contributed by atoms with Crippen LogP contribution in [0.25, 0.3) is 0 Å². The normalized spacial score (nSPS) is 23.4. The second-order valence-electron chi connectivity index (χ2n) is 6.55. The second kappa shape index (κ2) is 7.92. The van der Waals surface area contributed by atoms with Gasteiger partial charge in [0.15, 0.2) is 0 Å². The van der Waals surface area contributed by atoms with Gasteiger partial charge < -0.3 is 15.5 Å². The van der Waals surface area contributed by atoms with E-state index < -0.39 is 4.92 Å². The SMILES string of the molecule is O=C(NCC1CCCN(C(=O)c2ccc([N+](=O)[O-])s2)C1)C1CCCN1. The van der Waals surface area contributed by atoms with E-state index in [-0.39, 0.29) is 28.8 Å². The third-order valence-electron chi connectivity index (χ3n) is 4.73. The van der Waals surface area contributed by atoms with Crippen molar-refractivity contribution in [1.82, 2.24) is 15.5 Å². The van der Waals surface area contributed by atoms with Gasteiger partial charge in [0.2, 0.25) is 5.91 Å². The third-order valence-corrected chi connectivity index (χ3v) is 5.76. The number of piperidine rings is 1. The molecular weight excluding hydrogens is 344 g/mol. The zero-order chi connectivity index (χ0) is 17.8. The van der Waals surface area contributed by atoms with E-state index >= 15 is 0 Å². The number of hydrogen-bond donors (Lipinski definition) is 2. The molecule has 2 N–H and O–H groups in total. The van der Waals surface area contributed by atoms with E-state index in [4.69, 9.17) is 0 Å². The number of hydrogen-bond acceptors (Lipinski definition) is 6. The zero-order valence-corrected chi connectivity index (χ0v) is 14.7. The summed E-state index contributed by atoms with van der Waals surface area (Å²) in [5.74, 6) is 0.0967. The van der Waals surface area contributed by atoms with Crippen LogP contribution in [0.5, 0.6) is 0 Å². The molecule has 0 bridgehead atoms. The summed E-state index contributed by atoms with van der Waals surface area (Å²) in [4.78, 5) is 37.0. The fraction of sp³-hybridized carbons (Fsp3) is 0.625. The molecule has 0 saturated carbocycles. The van der Waals surface area contributed by atoms with E-state index in [1.165, 1.54) is 12.1 Å². The second-order valence-corrected chi connectivity index (χ2v) is 7.61. The highest BCUT2D eigenvalue weighted by Crippen LogP contribution is 2.26. The number of nitro groups is 1. The Labute approximate surface area is 149 Å². The van der Waals surface area contributed by atoms with E-state index in [0.717, 1.165) is 43.6 Å². The van der Waals surface area contributed by atoms with Crippen molar-refractivity contribution < 1.29 is 14.5 Å². The summed E-state index contributed by atoms with van der Waals surface area (Å²) in [7, 11) is 0. The Balaban J connectivity index is 1.52. The molecule has 1 aromatic heterocycles. The van der Waals surface area contributed by atoms with Gasteiger partial charge in [0.25, 0.3) is 5.91 Å². The Morgan fingerprint density at radius 1 is 1.36 bits per heavy atom. The van der Waals surface area contributed by atoms with Crippen LogP contribution in [0, 0.1) is 16.0 Å². The van der Waals surface area contributed by atoms with Gasteiger partial charge in [0.1, 0.15) is 0 Å². The van der Waals surface area contributed by atoms with Crippen molar-refractivity contribution in [3.63, 3.8) is 0 Å². The molecule has 2 unspecified atom stereocenters. The fourth-order valence-corrected chi connectivity index (χ4v) is 4.18. The number of nitrogens with one attached hydrogen (secondary N) is 2. The molecule has 0 radical (unpaired) electrons. The van der Waals surface area contributed by atoms with Crippen molar-refractivity contribution in [2.24, 2.45) is 5.92 Å². The van der Waals surface area contributed by atoms with Crippen LogP contribution in [0.1, 0.15) is 35.4 Å². The highest BCUT2D eigenvalue weighted by Gasteiger charge is 2.28. The Hall–Kier alpha value is -2.00. The summed E-state index contributed by atoms with van der Waals surface area (Å²) in [6.45, 7) is 2.67. The molecule has 2 atom stereocenters. The molecule has 2 saturated heterocycles. The summed E-state index contributed by atoms with van der Waals surface area (Å²) in [6, 6.07) is 2.80. The summed E-state index contributed by atoms with van der Waals surface area (Å²) >= 11 is 0.911. The number of carbonyl (C=O) groups excluding carboxylic acids is 2. The Morgan fingerprint density at radius 2 is 2.20 bits per heavy atom. The first kappa shape index (κ1) is 17.8. The minimum Gasteiger partial charge on any atom is -0.354 e. The number of carbonyl (C=O) groups is 2. The largest absolute Gasteiger partial charge is 0.354 e. The van der Waals surface area contributed by atoms with Gasteiger partial charge in [-0.3, -0.25) is 19.7 Å². The number of likely N-dealkylation sites (tertiary alicyclic amines) is 1. The maximum atomic E-state index is 12.5. The summed E-state index contributed by atoms with van der Waals surface area (Å²) in [6.07, 6.45) is 3.74. The van der Waals surface area contributed by atoms with Gasteiger partial charge in [0.05, 0.1) is 15.8 Å². The topological polar surface area (TPSA) is 105 Å². The van der Waals surface area contributed by atoms with Crippen molar-refractivity contribution >= 4 is 28.2 Å². The van der Waals surface area contributed by atoms with E-state index in [2.05, 4.69) is 10.6 Å². The van der Waals surface area contributed by atoms with Crippen molar-refractivity contribution in [3.05, 3.63) is 27.1 Å². The predicted molar refractivity (Wildman–Crippen MR) is 93.6 cm³/mol. The lowest BCUT2D eigenvalue weighted by Gasteiger charge is -2.32. The summed E-state index contributed by atoms with van der Waals surface area (Å²) in [5.41, 5.74) is 0. The van der Waals surface area contributed by atoms with E-state index in [9.17, 15) is 19.7 Å². The van der Waals surface area contributed by atoms with Gasteiger partial charge in [-0.05, 0) is 44.2 Å². The quantitative estimate of drug-likeness (QED) is 0.605. The number of nitrogens with zero attached hydrogens (tertiary/aromatic N) is 2. The molecule has 0 aromatic carbocycles. The molecule has 1 aromatic rings. The molecular formula is C16H22N4O4S. The first-order valence-corrected chi connectivity index (χ1v) is 9.41. The minimum atomic E-state index is -0.479. The van der Waals surface area contributed by atoms with Crippen molar-refractivity contribution in [2.45, 2.75) is 31.7 Å². The van der Waals surface area contributed by atoms with Gasteiger partial charge in [-0.15, -0.1) is 0 Å². The van der Waals surface area contributed by atoms with E-state index in [1.807, 2.05) is 0 Å². The highest BCUT2D eigenvalue weighted by atomic mass is 32.1. The molecule has 2 amide bonds. The minimum absolute atomic E-state index is 0.0202. The molecule has 8 nitrogen and oxygen atoms in total. The average molecular weight is 366 g/mol. The predicted octanol–water partition coefficient (Wildman–Crippen LogP) is 1.38. The first-order valence-electron chi connectivity index (χ1n) is 8.59. The fourth-order valence-electron chi connectivity index (χ4n) is 3.39. The van der Waals surface area contributed by atoms with Gasteiger partial charge >= 0.3 is 5.00 Å². The number of amides is 2. The van der Waals surface area contributed by atoms with Crippen LogP contribution < -0.4 is 10.6 Å².